The van der Waals surface area contributed by atoms with Crippen molar-refractivity contribution >= 4 is 34.2 Å². The van der Waals surface area contributed by atoms with Gasteiger partial charge in [0.15, 0.2) is 5.17 Å². The van der Waals surface area contributed by atoms with E-state index in [2.05, 4.69) is 16.3 Å². The van der Waals surface area contributed by atoms with Gasteiger partial charge in [0.1, 0.15) is 11.6 Å². The van der Waals surface area contributed by atoms with Crippen molar-refractivity contribution in [2.45, 2.75) is 19.0 Å². The van der Waals surface area contributed by atoms with Crippen molar-refractivity contribution in [2.75, 3.05) is 0 Å². The summed E-state index contributed by atoms with van der Waals surface area (Å²) in [6.45, 7) is 1.97. The Kier molecular flexibility index (Phi) is 6.00. The minimum Gasteiger partial charge on any atom is -0.392 e. The zero-order chi connectivity index (χ0) is 25.3. The molecule has 1 aliphatic heterocycles. The van der Waals surface area contributed by atoms with Gasteiger partial charge in [-0.2, -0.15) is 10.4 Å². The SMILES string of the molecule is C/C(=N\N=C1/SC(N)=C(C#N)C2(C(=O)c3ccccc3C2=O)N1Cc1ccccc1)c1ccccc1. The maximum Gasteiger partial charge on any atom is 0.207 e. The number of carbonyl (C=O) groups excluding carboxylic acids is 2. The number of amidine groups is 1. The lowest BCUT2D eigenvalue weighted by Gasteiger charge is -2.42. The lowest BCUT2D eigenvalue weighted by Crippen LogP contribution is -2.61. The Labute approximate surface area is 212 Å². The van der Waals surface area contributed by atoms with E-state index in [-0.39, 0.29) is 33.4 Å². The number of hydrogen-bond acceptors (Lipinski definition) is 7. The highest BCUT2D eigenvalue weighted by atomic mass is 32.2. The highest BCUT2D eigenvalue weighted by molar-refractivity contribution is 8.17. The molecule has 7 nitrogen and oxygen atoms in total. The number of fused-ring (bicyclic) bond motifs is 1. The molecule has 0 unspecified atom stereocenters. The summed E-state index contributed by atoms with van der Waals surface area (Å²) in [6, 6.07) is 27.6. The second-order valence-corrected chi connectivity index (χ2v) is 9.38. The second kappa shape index (κ2) is 9.29. The van der Waals surface area contributed by atoms with E-state index in [1.165, 1.54) is 0 Å². The molecule has 36 heavy (non-hydrogen) atoms. The first kappa shape index (κ1) is 23.3. The Bertz CT molecular complexity index is 1470. The third kappa shape index (κ3) is 3.61. The van der Waals surface area contributed by atoms with Gasteiger partial charge in [-0.05, 0) is 29.8 Å². The van der Waals surface area contributed by atoms with Crippen LogP contribution in [0.1, 0.15) is 38.8 Å². The lowest BCUT2D eigenvalue weighted by molar-refractivity contribution is 0.0689. The summed E-state index contributed by atoms with van der Waals surface area (Å²) >= 11 is 1.03. The molecule has 176 valence electrons. The molecule has 0 aromatic heterocycles. The molecule has 1 spiro atoms. The quantitative estimate of drug-likeness (QED) is 0.326. The van der Waals surface area contributed by atoms with Gasteiger partial charge >= 0.3 is 0 Å². The molecule has 2 N–H and O–H groups in total. The number of nitriles is 1. The summed E-state index contributed by atoms with van der Waals surface area (Å²) in [7, 11) is 0. The molecule has 1 aliphatic carbocycles. The van der Waals surface area contributed by atoms with Crippen LogP contribution < -0.4 is 5.73 Å². The fourth-order valence-electron chi connectivity index (χ4n) is 4.52. The zero-order valence-electron chi connectivity index (χ0n) is 19.4. The van der Waals surface area contributed by atoms with Crippen molar-refractivity contribution in [1.82, 2.24) is 4.90 Å². The van der Waals surface area contributed by atoms with Crippen LogP contribution in [0.5, 0.6) is 0 Å². The van der Waals surface area contributed by atoms with Gasteiger partial charge in [-0.15, -0.1) is 5.10 Å². The van der Waals surface area contributed by atoms with Gasteiger partial charge in [0.2, 0.25) is 17.1 Å². The highest BCUT2D eigenvalue weighted by Crippen LogP contribution is 2.47. The fourth-order valence-corrected chi connectivity index (χ4v) is 5.41. The van der Waals surface area contributed by atoms with Crippen molar-refractivity contribution in [3.05, 3.63) is 118 Å². The molecular weight excluding hydrogens is 470 g/mol. The average Bonchev–Trinajstić information content (AvgIpc) is 3.13. The van der Waals surface area contributed by atoms with Crippen molar-refractivity contribution in [3.63, 3.8) is 0 Å². The first-order valence-corrected chi connectivity index (χ1v) is 12.1. The Balaban J connectivity index is 1.72. The Morgan fingerprint density at radius 1 is 0.944 bits per heavy atom. The summed E-state index contributed by atoms with van der Waals surface area (Å²) in [5.74, 6) is -0.981. The van der Waals surface area contributed by atoms with E-state index < -0.39 is 17.1 Å². The topological polar surface area (TPSA) is 112 Å². The molecule has 0 radical (unpaired) electrons. The first-order chi connectivity index (χ1) is 17.5. The van der Waals surface area contributed by atoms with E-state index in [1.54, 1.807) is 29.2 Å². The van der Waals surface area contributed by atoms with Gasteiger partial charge in [0.25, 0.3) is 0 Å². The molecule has 3 aromatic carbocycles. The molecule has 0 saturated heterocycles. The molecule has 8 heteroatoms. The second-order valence-electron chi connectivity index (χ2n) is 8.37. The molecule has 2 aliphatic rings. The normalized spacial score (nSPS) is 18.1. The number of ketones is 2. The molecule has 0 amide bonds. The van der Waals surface area contributed by atoms with Crippen LogP contribution in [0, 0.1) is 11.3 Å². The van der Waals surface area contributed by atoms with Crippen LogP contribution in [-0.4, -0.2) is 32.9 Å². The standard InChI is InChI=1S/C28H21N5O2S/c1-18(20-12-6-3-7-13-20)31-32-27-33(17-19-10-4-2-5-11-19)28(23(16-29)26(30)36-27)24(34)21-14-8-9-15-22(21)25(28)35/h2-15H,17,30H2,1H3/b31-18+,32-27-. The van der Waals surface area contributed by atoms with Crippen molar-refractivity contribution in [1.29, 1.82) is 5.26 Å². The van der Waals surface area contributed by atoms with Gasteiger partial charge in [0, 0.05) is 17.7 Å². The summed E-state index contributed by atoms with van der Waals surface area (Å²) in [5.41, 5.74) is 7.19. The van der Waals surface area contributed by atoms with Crippen LogP contribution in [-0.2, 0) is 6.54 Å². The molecular formula is C28H21N5O2S. The molecule has 0 saturated carbocycles. The zero-order valence-corrected chi connectivity index (χ0v) is 20.2. The number of thioether (sulfide) groups is 1. The smallest absolute Gasteiger partial charge is 0.207 e. The van der Waals surface area contributed by atoms with Crippen LogP contribution in [0.15, 0.2) is 106 Å². The minimum absolute atomic E-state index is 0.0580. The number of benzene rings is 3. The summed E-state index contributed by atoms with van der Waals surface area (Å²) in [4.78, 5) is 29.6. The Morgan fingerprint density at radius 2 is 1.50 bits per heavy atom. The maximum absolute atomic E-state index is 14.0. The van der Waals surface area contributed by atoms with Crippen LogP contribution in [0.25, 0.3) is 0 Å². The highest BCUT2D eigenvalue weighted by Gasteiger charge is 2.63. The van der Waals surface area contributed by atoms with Crippen LogP contribution in [0.3, 0.4) is 0 Å². The predicted molar refractivity (Wildman–Crippen MR) is 140 cm³/mol. The van der Waals surface area contributed by atoms with E-state index in [0.29, 0.717) is 5.71 Å². The average molecular weight is 492 g/mol. The number of Topliss-reactive ketones (excluding diaryl/α,β-unsaturated/α-hetero) is 2. The fraction of sp³-hybridized carbons (Fsp3) is 0.107. The molecule has 0 bridgehead atoms. The maximum atomic E-state index is 14.0. The van der Waals surface area contributed by atoms with E-state index >= 15 is 0 Å². The Hall–Kier alpha value is -4.48. The van der Waals surface area contributed by atoms with Gasteiger partial charge < -0.3 is 10.6 Å². The van der Waals surface area contributed by atoms with Gasteiger partial charge in [-0.1, -0.05) is 84.9 Å². The van der Waals surface area contributed by atoms with E-state index in [1.807, 2.05) is 67.6 Å². The molecule has 1 heterocycles. The number of carbonyl (C=O) groups is 2. The number of hydrogen-bond donors (Lipinski definition) is 1. The van der Waals surface area contributed by atoms with Crippen LogP contribution in [0.2, 0.25) is 0 Å². The van der Waals surface area contributed by atoms with E-state index in [4.69, 9.17) is 5.73 Å². The first-order valence-electron chi connectivity index (χ1n) is 11.2. The van der Waals surface area contributed by atoms with E-state index in [0.717, 1.165) is 22.9 Å². The molecule has 0 atom stereocenters. The summed E-state index contributed by atoms with van der Waals surface area (Å²) < 4.78 is 0. The van der Waals surface area contributed by atoms with Gasteiger partial charge in [-0.3, -0.25) is 9.59 Å². The lowest BCUT2D eigenvalue weighted by atomic mass is 9.83. The van der Waals surface area contributed by atoms with Crippen molar-refractivity contribution < 1.29 is 9.59 Å². The third-order valence-corrected chi connectivity index (χ3v) is 7.20. The molecule has 0 fully saturated rings. The van der Waals surface area contributed by atoms with E-state index in [9.17, 15) is 14.9 Å². The van der Waals surface area contributed by atoms with Crippen LogP contribution in [0.4, 0.5) is 0 Å². The molecule has 5 rings (SSSR count). The number of nitrogens with zero attached hydrogens (tertiary/aromatic N) is 4. The number of rotatable bonds is 4. The monoisotopic (exact) mass is 491 g/mol. The largest absolute Gasteiger partial charge is 0.392 e. The Morgan fingerprint density at radius 3 is 2.08 bits per heavy atom. The molecule has 3 aromatic rings. The predicted octanol–water partition coefficient (Wildman–Crippen LogP) is 4.53. The number of nitrogens with two attached hydrogens (primary N) is 1. The van der Waals surface area contributed by atoms with Crippen molar-refractivity contribution in [2.24, 2.45) is 15.9 Å². The van der Waals surface area contributed by atoms with Crippen LogP contribution >= 0.6 is 11.8 Å². The van der Waals surface area contributed by atoms with Gasteiger partial charge in [0.05, 0.1) is 10.7 Å². The minimum atomic E-state index is -1.95. The van der Waals surface area contributed by atoms with Crippen molar-refractivity contribution in [3.8, 4) is 6.07 Å². The summed E-state index contributed by atoms with van der Waals surface area (Å²) in [6.07, 6.45) is 0. The summed E-state index contributed by atoms with van der Waals surface area (Å²) in [5, 5.41) is 19.3. The third-order valence-electron chi connectivity index (χ3n) is 6.29. The van der Waals surface area contributed by atoms with Gasteiger partial charge in [-0.25, -0.2) is 0 Å².